The second kappa shape index (κ2) is 6.71. The monoisotopic (exact) mass is 388 g/mol. The van der Waals surface area contributed by atoms with Crippen LogP contribution in [0, 0.1) is 11.8 Å². The number of morpholine rings is 1. The molecule has 28 heavy (non-hydrogen) atoms. The second-order valence-corrected chi connectivity index (χ2v) is 7.36. The Morgan fingerprint density at radius 2 is 1.79 bits per heavy atom. The molecule has 1 aromatic heterocycles. The first-order chi connectivity index (χ1) is 13.6. The lowest BCUT2D eigenvalue weighted by Gasteiger charge is -2.29. The first-order valence-electron chi connectivity index (χ1n) is 9.40. The largest absolute Gasteiger partial charge is 0.481 e. The summed E-state index contributed by atoms with van der Waals surface area (Å²) < 4.78 is 16.0. The number of carbonyl (C=O) groups excluding carboxylic acids is 1. The Morgan fingerprint density at radius 1 is 1.07 bits per heavy atom. The Labute approximate surface area is 159 Å². The van der Waals surface area contributed by atoms with Gasteiger partial charge in [0, 0.05) is 13.1 Å². The van der Waals surface area contributed by atoms with Crippen LogP contribution in [0.4, 0.5) is 11.4 Å². The number of amides is 1. The highest BCUT2D eigenvalue weighted by Crippen LogP contribution is 2.44. The van der Waals surface area contributed by atoms with E-state index in [1.54, 1.807) is 6.07 Å². The quantitative estimate of drug-likeness (QED) is 0.784. The van der Waals surface area contributed by atoms with Gasteiger partial charge in [0.1, 0.15) is 0 Å². The molecule has 3 aliphatic rings. The summed E-state index contributed by atoms with van der Waals surface area (Å²) in [6, 6.07) is 3.61. The first-order valence-corrected chi connectivity index (χ1v) is 9.40. The Balaban J connectivity index is 1.42. The minimum atomic E-state index is -0.997. The van der Waals surface area contributed by atoms with Gasteiger partial charge in [-0.25, -0.2) is 4.63 Å². The maximum Gasteiger partial charge on any atom is 0.310 e. The SMILES string of the molecule is O=C(Nc1ccc(N2CCOCC2)c2nonc12)[C@@H]1[C@H](C(=O)O)[C@H]2CC[C@H]1O2. The summed E-state index contributed by atoms with van der Waals surface area (Å²) in [5.41, 5.74) is 2.31. The van der Waals surface area contributed by atoms with Crippen molar-refractivity contribution < 1.29 is 28.8 Å². The second-order valence-electron chi connectivity index (χ2n) is 7.36. The van der Waals surface area contributed by atoms with Crippen molar-refractivity contribution in [3.63, 3.8) is 0 Å². The molecular formula is C18H20N4O6. The van der Waals surface area contributed by atoms with Crippen LogP contribution in [0.25, 0.3) is 11.0 Å². The van der Waals surface area contributed by atoms with Gasteiger partial charge in [-0.1, -0.05) is 0 Å². The molecule has 5 rings (SSSR count). The van der Waals surface area contributed by atoms with E-state index < -0.39 is 23.9 Å². The van der Waals surface area contributed by atoms with Crippen molar-refractivity contribution in [2.45, 2.75) is 25.0 Å². The van der Waals surface area contributed by atoms with Crippen LogP contribution in [-0.4, -0.2) is 65.8 Å². The van der Waals surface area contributed by atoms with E-state index in [0.717, 1.165) is 18.8 Å². The zero-order valence-electron chi connectivity index (χ0n) is 15.0. The van der Waals surface area contributed by atoms with E-state index in [9.17, 15) is 14.7 Å². The molecule has 1 aromatic carbocycles. The number of fused-ring (bicyclic) bond motifs is 3. The third-order valence-corrected chi connectivity index (χ3v) is 5.86. The molecule has 0 spiro atoms. The number of hydrogen-bond acceptors (Lipinski definition) is 8. The van der Waals surface area contributed by atoms with E-state index in [0.29, 0.717) is 42.8 Å². The molecule has 10 nitrogen and oxygen atoms in total. The van der Waals surface area contributed by atoms with Gasteiger partial charge in [-0.15, -0.1) is 0 Å². The predicted octanol–water partition coefficient (Wildman–Crippen LogP) is 0.876. The van der Waals surface area contributed by atoms with Crippen molar-refractivity contribution in [3.05, 3.63) is 12.1 Å². The number of carbonyl (C=O) groups is 2. The fourth-order valence-corrected chi connectivity index (χ4v) is 4.55. The number of carboxylic acids is 1. The van der Waals surface area contributed by atoms with Crippen LogP contribution in [0.15, 0.2) is 16.8 Å². The Kier molecular flexibility index (Phi) is 4.17. The number of rotatable bonds is 4. The molecule has 3 saturated heterocycles. The van der Waals surface area contributed by atoms with Crippen LogP contribution >= 0.6 is 0 Å². The molecule has 4 atom stereocenters. The molecule has 3 aliphatic heterocycles. The Morgan fingerprint density at radius 3 is 2.54 bits per heavy atom. The number of nitrogens with zero attached hydrogens (tertiary/aromatic N) is 3. The van der Waals surface area contributed by atoms with Gasteiger partial charge in [-0.2, -0.15) is 0 Å². The minimum Gasteiger partial charge on any atom is -0.481 e. The van der Waals surface area contributed by atoms with Crippen molar-refractivity contribution in [2.24, 2.45) is 11.8 Å². The van der Waals surface area contributed by atoms with Gasteiger partial charge in [0.25, 0.3) is 0 Å². The average molecular weight is 388 g/mol. The summed E-state index contributed by atoms with van der Waals surface area (Å²) in [5.74, 6) is -2.91. The van der Waals surface area contributed by atoms with Crippen LogP contribution in [0.5, 0.6) is 0 Å². The van der Waals surface area contributed by atoms with Gasteiger partial charge >= 0.3 is 5.97 Å². The van der Waals surface area contributed by atoms with E-state index in [1.807, 2.05) is 6.07 Å². The third kappa shape index (κ3) is 2.71. The fraction of sp³-hybridized carbons (Fsp3) is 0.556. The highest BCUT2D eigenvalue weighted by atomic mass is 16.6. The number of ether oxygens (including phenoxy) is 2. The number of hydrogen-bond donors (Lipinski definition) is 2. The van der Waals surface area contributed by atoms with Crippen LogP contribution in [0.2, 0.25) is 0 Å². The topological polar surface area (TPSA) is 127 Å². The number of aliphatic carboxylic acids is 1. The van der Waals surface area contributed by atoms with Gasteiger partial charge in [0.05, 0.1) is 48.6 Å². The molecule has 2 bridgehead atoms. The molecule has 2 aromatic rings. The van der Waals surface area contributed by atoms with Crippen molar-refractivity contribution in [1.29, 1.82) is 0 Å². The molecule has 4 heterocycles. The lowest BCUT2D eigenvalue weighted by Crippen LogP contribution is -2.41. The Hall–Kier alpha value is -2.72. The van der Waals surface area contributed by atoms with Crippen molar-refractivity contribution >= 4 is 34.3 Å². The average Bonchev–Trinajstić information content (AvgIpc) is 3.44. The highest BCUT2D eigenvalue weighted by molar-refractivity contribution is 6.04. The Bertz CT molecular complexity index is 924. The zero-order chi connectivity index (χ0) is 19.3. The summed E-state index contributed by atoms with van der Waals surface area (Å²) in [7, 11) is 0. The van der Waals surface area contributed by atoms with E-state index in [1.165, 1.54) is 0 Å². The lowest BCUT2D eigenvalue weighted by atomic mass is 9.78. The van der Waals surface area contributed by atoms with E-state index in [2.05, 4.69) is 20.5 Å². The van der Waals surface area contributed by atoms with Crippen LogP contribution in [0.3, 0.4) is 0 Å². The molecule has 0 aliphatic carbocycles. The lowest BCUT2D eigenvalue weighted by molar-refractivity contribution is -0.147. The minimum absolute atomic E-state index is 0.357. The van der Waals surface area contributed by atoms with Crippen LogP contribution < -0.4 is 10.2 Å². The summed E-state index contributed by atoms with van der Waals surface area (Å²) >= 11 is 0. The molecule has 0 unspecified atom stereocenters. The number of nitrogens with one attached hydrogen (secondary N) is 1. The molecule has 0 saturated carbocycles. The van der Waals surface area contributed by atoms with Crippen molar-refractivity contribution in [1.82, 2.24) is 10.3 Å². The molecule has 0 radical (unpaired) electrons. The van der Waals surface area contributed by atoms with E-state index in [4.69, 9.17) is 14.1 Å². The molecular weight excluding hydrogens is 368 g/mol. The molecule has 10 heteroatoms. The zero-order valence-corrected chi connectivity index (χ0v) is 15.0. The van der Waals surface area contributed by atoms with Crippen molar-refractivity contribution in [3.8, 4) is 0 Å². The molecule has 1 amide bonds. The van der Waals surface area contributed by atoms with Crippen molar-refractivity contribution in [2.75, 3.05) is 36.5 Å². The summed E-state index contributed by atoms with van der Waals surface area (Å²) in [6.45, 7) is 2.73. The van der Waals surface area contributed by atoms with Gasteiger partial charge in [0.2, 0.25) is 5.91 Å². The van der Waals surface area contributed by atoms with Gasteiger partial charge in [-0.05, 0) is 35.3 Å². The van der Waals surface area contributed by atoms with Gasteiger partial charge in [-0.3, -0.25) is 9.59 Å². The number of aromatic nitrogens is 2. The fourth-order valence-electron chi connectivity index (χ4n) is 4.55. The summed E-state index contributed by atoms with van der Waals surface area (Å²) in [4.78, 5) is 26.7. The number of anilines is 2. The van der Waals surface area contributed by atoms with Gasteiger partial charge in [0.15, 0.2) is 11.0 Å². The highest BCUT2D eigenvalue weighted by Gasteiger charge is 2.55. The normalized spacial score (nSPS) is 29.4. The predicted molar refractivity (Wildman–Crippen MR) is 96.0 cm³/mol. The first kappa shape index (κ1) is 17.4. The molecule has 2 N–H and O–H groups in total. The van der Waals surface area contributed by atoms with Crippen LogP contribution in [-0.2, 0) is 19.1 Å². The van der Waals surface area contributed by atoms with E-state index in [-0.39, 0.29) is 12.0 Å². The summed E-state index contributed by atoms with van der Waals surface area (Å²) in [5, 5.41) is 20.3. The maximum atomic E-state index is 12.9. The number of benzene rings is 1. The molecule has 3 fully saturated rings. The smallest absolute Gasteiger partial charge is 0.310 e. The van der Waals surface area contributed by atoms with Gasteiger partial charge < -0.3 is 24.8 Å². The number of carboxylic acid groups (broad SMARTS) is 1. The third-order valence-electron chi connectivity index (χ3n) is 5.86. The summed E-state index contributed by atoms with van der Waals surface area (Å²) in [6.07, 6.45) is 0.626. The molecule has 148 valence electrons. The van der Waals surface area contributed by atoms with E-state index >= 15 is 0 Å². The van der Waals surface area contributed by atoms with Crippen LogP contribution in [0.1, 0.15) is 12.8 Å². The maximum absolute atomic E-state index is 12.9. The standard InChI is InChI=1S/C18H20N4O6/c23-17(13-11-3-4-12(27-11)14(13)18(24)25)19-9-1-2-10(16-15(9)20-28-21-16)22-5-7-26-8-6-22/h1-2,11-14H,3-8H2,(H,19,23)(H,24,25)/t11-,12-,13+,14-/m1/s1.